The lowest BCUT2D eigenvalue weighted by atomic mass is 10.0. The van der Waals surface area contributed by atoms with Gasteiger partial charge in [0, 0.05) is 35.2 Å². The quantitative estimate of drug-likeness (QED) is 0.325. The molecule has 0 unspecified atom stereocenters. The lowest BCUT2D eigenvalue weighted by molar-refractivity contribution is 0.0523. The largest absolute Gasteiger partial charge is 0.493 e. The first-order valence-corrected chi connectivity index (χ1v) is 14.9. The Morgan fingerprint density at radius 2 is 1.64 bits per heavy atom. The summed E-state index contributed by atoms with van der Waals surface area (Å²) in [5.41, 5.74) is 3.44. The van der Waals surface area contributed by atoms with Crippen LogP contribution in [0.3, 0.4) is 0 Å². The number of anilines is 1. The van der Waals surface area contributed by atoms with Crippen molar-refractivity contribution in [1.29, 1.82) is 0 Å². The highest BCUT2D eigenvalue weighted by molar-refractivity contribution is 7.13. The fraction of sp³-hybridized carbons (Fsp3) is 0.419. The fourth-order valence-electron chi connectivity index (χ4n) is 3.46. The molecular weight excluding hydrogens is 532 g/mol. The molecule has 39 heavy (non-hydrogen) atoms. The third-order valence-corrected chi connectivity index (χ3v) is 6.28. The normalized spacial score (nSPS) is 11.1. The van der Waals surface area contributed by atoms with Crippen LogP contribution >= 0.6 is 22.9 Å². The summed E-state index contributed by atoms with van der Waals surface area (Å²) in [6.45, 7) is 18.3. The highest BCUT2D eigenvalue weighted by Gasteiger charge is 2.22. The van der Waals surface area contributed by atoms with Crippen LogP contribution in [0.5, 0.6) is 5.75 Å². The van der Waals surface area contributed by atoms with Crippen molar-refractivity contribution >= 4 is 40.6 Å². The van der Waals surface area contributed by atoms with Gasteiger partial charge in [-0.2, -0.15) is 0 Å². The number of ether oxygens (including phenoxy) is 2. The average molecular weight is 575 g/mol. The molecule has 4 rings (SSSR count). The number of halogens is 1. The van der Waals surface area contributed by atoms with Crippen LogP contribution in [-0.2, 0) is 17.7 Å². The van der Waals surface area contributed by atoms with Gasteiger partial charge in [0.2, 0.25) is 0 Å². The minimum atomic E-state index is -0.549. The molecule has 1 aliphatic heterocycles. The van der Waals surface area contributed by atoms with Crippen molar-refractivity contribution in [2.24, 2.45) is 0 Å². The second-order valence-corrected chi connectivity index (χ2v) is 10.0. The van der Waals surface area contributed by atoms with Crippen molar-refractivity contribution in [1.82, 2.24) is 5.32 Å². The van der Waals surface area contributed by atoms with E-state index in [1.54, 1.807) is 35.6 Å². The molecule has 2 N–H and O–H groups in total. The van der Waals surface area contributed by atoms with Gasteiger partial charge in [-0.05, 0) is 61.5 Å². The smallest absolute Gasteiger partial charge is 0.407 e. The maximum atomic E-state index is 13.0. The summed E-state index contributed by atoms with van der Waals surface area (Å²) in [7, 11) is 0. The number of fused-ring (bicyclic) bond motifs is 3. The van der Waals surface area contributed by atoms with Crippen LogP contribution in [0.4, 0.5) is 10.5 Å². The van der Waals surface area contributed by atoms with Gasteiger partial charge in [-0.25, -0.2) is 4.79 Å². The number of thiophene rings is 1. The van der Waals surface area contributed by atoms with E-state index in [4.69, 9.17) is 21.1 Å². The molecule has 0 radical (unpaired) electrons. The Kier molecular flexibility index (Phi) is 14.7. The van der Waals surface area contributed by atoms with Crippen LogP contribution in [0, 0.1) is 0 Å². The lowest BCUT2D eigenvalue weighted by Gasteiger charge is -2.19. The van der Waals surface area contributed by atoms with Gasteiger partial charge in [0.15, 0.2) is 0 Å². The van der Waals surface area contributed by atoms with Gasteiger partial charge < -0.3 is 20.1 Å². The molecule has 8 heteroatoms. The Labute approximate surface area is 243 Å². The summed E-state index contributed by atoms with van der Waals surface area (Å²) in [5.74, 6) is 0.393. The predicted octanol–water partition coefficient (Wildman–Crippen LogP) is 9.36. The molecule has 6 nitrogen and oxygen atoms in total. The molecule has 1 aromatic heterocycles. The SMILES string of the molecule is CC.CC.CC.CC(C)(C)OC(=O)NCc1ccc(NC(=O)c2cc3c(cc2Cl)OCCc2ccsc2-3)cc1. The van der Waals surface area contributed by atoms with Crippen LogP contribution in [0.1, 0.15) is 83.8 Å². The summed E-state index contributed by atoms with van der Waals surface area (Å²) < 4.78 is 11.1. The minimum absolute atomic E-state index is 0.301. The van der Waals surface area contributed by atoms with Crippen LogP contribution in [-0.4, -0.2) is 24.2 Å². The van der Waals surface area contributed by atoms with Crippen LogP contribution < -0.4 is 15.4 Å². The second kappa shape index (κ2) is 16.8. The van der Waals surface area contributed by atoms with E-state index >= 15 is 0 Å². The zero-order chi connectivity index (χ0) is 29.6. The highest BCUT2D eigenvalue weighted by Crippen LogP contribution is 2.41. The Morgan fingerprint density at radius 3 is 2.26 bits per heavy atom. The summed E-state index contributed by atoms with van der Waals surface area (Å²) in [4.78, 5) is 25.9. The number of carbonyl (C=O) groups excluding carboxylic acids is 2. The van der Waals surface area contributed by atoms with E-state index in [1.807, 2.05) is 79.8 Å². The summed E-state index contributed by atoms with van der Waals surface area (Å²) in [6, 6.07) is 12.8. The first-order valence-electron chi connectivity index (χ1n) is 13.6. The van der Waals surface area contributed by atoms with E-state index in [0.29, 0.717) is 35.2 Å². The fourth-order valence-corrected chi connectivity index (χ4v) is 4.67. The number of rotatable bonds is 4. The van der Waals surface area contributed by atoms with E-state index in [1.165, 1.54) is 5.56 Å². The van der Waals surface area contributed by atoms with Crippen LogP contribution in [0.15, 0.2) is 47.8 Å². The van der Waals surface area contributed by atoms with Crippen LogP contribution in [0.2, 0.25) is 5.02 Å². The number of benzene rings is 2. The van der Waals surface area contributed by atoms with Gasteiger partial charge in [0.05, 0.1) is 17.2 Å². The molecule has 0 saturated heterocycles. The first kappa shape index (κ1) is 34.0. The Bertz CT molecular complexity index is 1180. The van der Waals surface area contributed by atoms with Crippen molar-refractivity contribution in [3.8, 4) is 16.2 Å². The molecule has 2 heterocycles. The molecule has 3 aromatic rings. The van der Waals surface area contributed by atoms with E-state index in [9.17, 15) is 9.59 Å². The van der Waals surface area contributed by atoms with Gasteiger partial charge in [-0.1, -0.05) is 65.3 Å². The highest BCUT2D eigenvalue weighted by atomic mass is 35.5. The second-order valence-electron chi connectivity index (χ2n) is 8.71. The molecule has 1 aliphatic rings. The van der Waals surface area contributed by atoms with Gasteiger partial charge in [-0.3, -0.25) is 4.79 Å². The molecule has 0 saturated carbocycles. The van der Waals surface area contributed by atoms with Gasteiger partial charge >= 0.3 is 6.09 Å². The summed E-state index contributed by atoms with van der Waals surface area (Å²) in [6.07, 6.45) is 0.345. The molecule has 0 aliphatic carbocycles. The third-order valence-electron chi connectivity index (χ3n) is 4.98. The number of carbonyl (C=O) groups is 2. The molecular formula is C31H43ClN2O4S. The van der Waals surface area contributed by atoms with E-state index in [0.717, 1.165) is 22.4 Å². The molecule has 0 spiro atoms. The summed E-state index contributed by atoms with van der Waals surface area (Å²) in [5, 5.41) is 7.99. The predicted molar refractivity (Wildman–Crippen MR) is 165 cm³/mol. The van der Waals surface area contributed by atoms with Crippen molar-refractivity contribution < 1.29 is 19.1 Å². The van der Waals surface area contributed by atoms with E-state index in [2.05, 4.69) is 16.7 Å². The van der Waals surface area contributed by atoms with Crippen molar-refractivity contribution in [3.63, 3.8) is 0 Å². The lowest BCUT2D eigenvalue weighted by Crippen LogP contribution is -2.32. The standard InChI is InChI=1S/C25H25ClN2O4S.3C2H6/c1-25(2,3)32-24(30)27-14-15-4-6-17(7-5-15)28-23(29)18-12-19-21(13-20(18)26)31-10-8-16-9-11-33-22(16)19;3*1-2/h4-7,9,11-13H,8,10,14H2,1-3H3,(H,27,30)(H,28,29);3*1-2H3. The number of hydrogen-bond acceptors (Lipinski definition) is 5. The Balaban J connectivity index is 0.00000119. The molecule has 0 atom stereocenters. The number of nitrogens with one attached hydrogen (secondary N) is 2. The van der Waals surface area contributed by atoms with Gasteiger partial charge in [-0.15, -0.1) is 11.3 Å². The maximum absolute atomic E-state index is 13.0. The van der Waals surface area contributed by atoms with Crippen molar-refractivity contribution in [2.75, 3.05) is 11.9 Å². The van der Waals surface area contributed by atoms with E-state index < -0.39 is 11.7 Å². The number of hydrogen-bond donors (Lipinski definition) is 2. The van der Waals surface area contributed by atoms with Crippen molar-refractivity contribution in [3.05, 3.63) is 69.6 Å². The molecule has 0 bridgehead atoms. The Morgan fingerprint density at radius 1 is 1.00 bits per heavy atom. The van der Waals surface area contributed by atoms with E-state index in [-0.39, 0.29) is 5.91 Å². The molecule has 0 fully saturated rings. The zero-order valence-corrected chi connectivity index (χ0v) is 26.2. The monoisotopic (exact) mass is 574 g/mol. The average Bonchev–Trinajstić information content (AvgIpc) is 3.32. The number of alkyl carbamates (subject to hydrolysis) is 1. The van der Waals surface area contributed by atoms with Crippen molar-refractivity contribution in [2.45, 2.75) is 80.9 Å². The van der Waals surface area contributed by atoms with Gasteiger partial charge in [0.25, 0.3) is 5.91 Å². The zero-order valence-electron chi connectivity index (χ0n) is 24.7. The molecule has 214 valence electrons. The molecule has 2 amide bonds. The van der Waals surface area contributed by atoms with Crippen LogP contribution in [0.25, 0.3) is 10.4 Å². The minimum Gasteiger partial charge on any atom is -0.493 e. The maximum Gasteiger partial charge on any atom is 0.407 e. The molecule has 2 aromatic carbocycles. The Hall–Kier alpha value is -3.03. The van der Waals surface area contributed by atoms with Gasteiger partial charge in [0.1, 0.15) is 11.4 Å². The third kappa shape index (κ3) is 10.2. The number of amides is 2. The first-order chi connectivity index (χ1) is 18.7. The topological polar surface area (TPSA) is 76.7 Å². The summed E-state index contributed by atoms with van der Waals surface area (Å²) >= 11 is 8.06.